The van der Waals surface area contributed by atoms with Gasteiger partial charge >= 0.3 is 6.09 Å². The molecule has 0 aliphatic carbocycles. The van der Waals surface area contributed by atoms with E-state index < -0.39 is 5.60 Å². The van der Waals surface area contributed by atoms with Crippen LogP contribution in [-0.2, 0) is 9.57 Å². The van der Waals surface area contributed by atoms with Gasteiger partial charge in [-0.2, -0.15) is 5.06 Å². The van der Waals surface area contributed by atoms with Crippen LogP contribution in [-0.4, -0.2) is 43.5 Å². The molecule has 0 radical (unpaired) electrons. The van der Waals surface area contributed by atoms with Crippen LogP contribution in [0.1, 0.15) is 34.1 Å². The topological polar surface area (TPSA) is 50.8 Å². The lowest BCUT2D eigenvalue weighted by molar-refractivity contribution is -0.129. The fraction of sp³-hybridized carbons (Fsp3) is 0.909. The van der Waals surface area contributed by atoms with Gasteiger partial charge in [0.2, 0.25) is 0 Å². The molecule has 0 aromatic rings. The van der Waals surface area contributed by atoms with Crippen molar-refractivity contribution in [3.8, 4) is 0 Å². The first-order valence-electron chi connectivity index (χ1n) is 5.65. The Bertz CT molecular complexity index is 202. The summed E-state index contributed by atoms with van der Waals surface area (Å²) in [5.74, 6) is 0. The monoisotopic (exact) mass is 232 g/mol. The summed E-state index contributed by atoms with van der Waals surface area (Å²) in [5, 5.41) is 4.48. The highest BCUT2D eigenvalue weighted by atomic mass is 16.7. The molecule has 0 spiro atoms. The van der Waals surface area contributed by atoms with Gasteiger partial charge in [0.1, 0.15) is 5.60 Å². The molecule has 0 fully saturated rings. The number of nitrogens with zero attached hydrogens (tertiary/aromatic N) is 1. The Morgan fingerprint density at radius 1 is 1.31 bits per heavy atom. The molecule has 0 aliphatic heterocycles. The molecular formula is C11H24N2O3. The number of alkyl carbamates (subject to hydrolysis) is 1. The maximum atomic E-state index is 11.3. The number of carbonyl (C=O) groups is 1. The van der Waals surface area contributed by atoms with Crippen LogP contribution in [0, 0.1) is 0 Å². The number of hydroxylamine groups is 2. The van der Waals surface area contributed by atoms with Gasteiger partial charge in [-0.25, -0.2) is 4.79 Å². The van der Waals surface area contributed by atoms with Crippen LogP contribution in [0.5, 0.6) is 0 Å². The van der Waals surface area contributed by atoms with E-state index in [-0.39, 0.29) is 6.09 Å². The molecule has 5 nitrogen and oxygen atoms in total. The summed E-state index contributed by atoms with van der Waals surface area (Å²) in [6.07, 6.45) is 0.625. The SMILES string of the molecule is CCCN(CCNC(=O)OC(C)(C)C)OC. The van der Waals surface area contributed by atoms with E-state index in [1.54, 1.807) is 12.2 Å². The Morgan fingerprint density at radius 3 is 2.38 bits per heavy atom. The van der Waals surface area contributed by atoms with E-state index in [0.717, 1.165) is 13.0 Å². The smallest absolute Gasteiger partial charge is 0.407 e. The Morgan fingerprint density at radius 2 is 1.94 bits per heavy atom. The second kappa shape index (κ2) is 7.46. The second-order valence-electron chi connectivity index (χ2n) is 4.54. The number of nitrogens with one attached hydrogen (secondary N) is 1. The van der Waals surface area contributed by atoms with Gasteiger partial charge in [0.25, 0.3) is 0 Å². The van der Waals surface area contributed by atoms with E-state index in [1.807, 2.05) is 20.8 Å². The van der Waals surface area contributed by atoms with Gasteiger partial charge in [0, 0.05) is 19.6 Å². The molecule has 1 N–H and O–H groups in total. The first-order valence-corrected chi connectivity index (χ1v) is 5.65. The Hall–Kier alpha value is -0.810. The molecule has 0 saturated heterocycles. The summed E-state index contributed by atoms with van der Waals surface area (Å²) in [6.45, 7) is 9.62. The number of amides is 1. The number of ether oxygens (including phenoxy) is 1. The fourth-order valence-corrected chi connectivity index (χ4v) is 1.14. The number of hydrogen-bond donors (Lipinski definition) is 1. The zero-order valence-electron chi connectivity index (χ0n) is 11.0. The Labute approximate surface area is 98.0 Å². The van der Waals surface area contributed by atoms with Crippen LogP contribution < -0.4 is 5.32 Å². The lowest BCUT2D eigenvalue weighted by atomic mass is 10.2. The lowest BCUT2D eigenvalue weighted by Gasteiger charge is -2.21. The summed E-state index contributed by atoms with van der Waals surface area (Å²) in [4.78, 5) is 16.4. The third-order valence-electron chi connectivity index (χ3n) is 1.76. The standard InChI is InChI=1S/C11H24N2O3/c1-6-8-13(15-5)9-7-12-10(14)16-11(2,3)4/h6-9H2,1-5H3,(H,12,14). The molecule has 0 aliphatic rings. The van der Waals surface area contributed by atoms with Gasteiger partial charge in [-0.15, -0.1) is 0 Å². The molecule has 0 aromatic carbocycles. The van der Waals surface area contributed by atoms with Gasteiger partial charge in [0.05, 0.1) is 7.11 Å². The predicted octanol–water partition coefficient (Wildman–Crippen LogP) is 1.78. The number of hydrogen-bond acceptors (Lipinski definition) is 4. The van der Waals surface area contributed by atoms with E-state index in [0.29, 0.717) is 13.1 Å². The van der Waals surface area contributed by atoms with Gasteiger partial charge in [0.15, 0.2) is 0 Å². The van der Waals surface area contributed by atoms with Crippen molar-refractivity contribution < 1.29 is 14.4 Å². The van der Waals surface area contributed by atoms with Crippen molar-refractivity contribution in [2.75, 3.05) is 26.7 Å². The van der Waals surface area contributed by atoms with Gasteiger partial charge in [-0.1, -0.05) is 6.92 Å². The molecule has 0 aromatic heterocycles. The third-order valence-corrected chi connectivity index (χ3v) is 1.76. The van der Waals surface area contributed by atoms with Crippen LogP contribution in [0.3, 0.4) is 0 Å². The minimum Gasteiger partial charge on any atom is -0.444 e. The zero-order valence-corrected chi connectivity index (χ0v) is 11.0. The highest BCUT2D eigenvalue weighted by molar-refractivity contribution is 5.67. The summed E-state index contributed by atoms with van der Waals surface area (Å²) in [5.41, 5.74) is -0.450. The molecule has 0 atom stereocenters. The molecule has 0 unspecified atom stereocenters. The summed E-state index contributed by atoms with van der Waals surface area (Å²) < 4.78 is 5.10. The van der Waals surface area contributed by atoms with E-state index >= 15 is 0 Å². The molecule has 16 heavy (non-hydrogen) atoms. The minimum absolute atomic E-state index is 0.389. The quantitative estimate of drug-likeness (QED) is 0.709. The predicted molar refractivity (Wildman–Crippen MR) is 63.1 cm³/mol. The summed E-state index contributed by atoms with van der Waals surface area (Å²) in [7, 11) is 1.63. The van der Waals surface area contributed by atoms with Crippen molar-refractivity contribution in [3.63, 3.8) is 0 Å². The molecule has 0 rings (SSSR count). The van der Waals surface area contributed by atoms with Crippen molar-refractivity contribution in [1.82, 2.24) is 10.4 Å². The van der Waals surface area contributed by atoms with Crippen LogP contribution in [0.15, 0.2) is 0 Å². The molecule has 0 saturated carbocycles. The number of carbonyl (C=O) groups excluding carboxylic acids is 1. The van der Waals surface area contributed by atoms with E-state index in [1.165, 1.54) is 0 Å². The third kappa shape index (κ3) is 8.49. The summed E-state index contributed by atoms with van der Waals surface area (Å²) in [6, 6.07) is 0. The molecule has 96 valence electrons. The van der Waals surface area contributed by atoms with Crippen LogP contribution in [0.25, 0.3) is 0 Å². The first kappa shape index (κ1) is 15.2. The fourth-order valence-electron chi connectivity index (χ4n) is 1.14. The maximum absolute atomic E-state index is 11.3. The van der Waals surface area contributed by atoms with Gasteiger partial charge in [-0.05, 0) is 27.2 Å². The molecule has 5 heteroatoms. The van der Waals surface area contributed by atoms with Crippen LogP contribution in [0.4, 0.5) is 4.79 Å². The van der Waals surface area contributed by atoms with Crippen LogP contribution in [0.2, 0.25) is 0 Å². The van der Waals surface area contributed by atoms with E-state index in [2.05, 4.69) is 12.2 Å². The minimum atomic E-state index is -0.450. The van der Waals surface area contributed by atoms with E-state index in [9.17, 15) is 4.79 Å². The van der Waals surface area contributed by atoms with Crippen molar-refractivity contribution in [2.45, 2.75) is 39.7 Å². The van der Waals surface area contributed by atoms with Crippen molar-refractivity contribution in [1.29, 1.82) is 0 Å². The number of rotatable bonds is 6. The highest BCUT2D eigenvalue weighted by Gasteiger charge is 2.15. The summed E-state index contributed by atoms with van der Waals surface area (Å²) >= 11 is 0. The second-order valence-corrected chi connectivity index (χ2v) is 4.54. The van der Waals surface area contributed by atoms with Crippen molar-refractivity contribution in [2.24, 2.45) is 0 Å². The lowest BCUT2D eigenvalue weighted by Crippen LogP contribution is -2.37. The van der Waals surface area contributed by atoms with Crippen molar-refractivity contribution >= 4 is 6.09 Å². The normalized spacial score (nSPS) is 11.6. The van der Waals surface area contributed by atoms with Gasteiger partial charge in [-0.3, -0.25) is 0 Å². The average Bonchev–Trinajstić information content (AvgIpc) is 2.13. The molecule has 1 amide bonds. The zero-order chi connectivity index (χ0) is 12.6. The maximum Gasteiger partial charge on any atom is 0.407 e. The molecule has 0 heterocycles. The molecule has 0 bridgehead atoms. The first-order chi connectivity index (χ1) is 7.39. The largest absolute Gasteiger partial charge is 0.444 e. The van der Waals surface area contributed by atoms with Gasteiger partial charge < -0.3 is 14.9 Å². The average molecular weight is 232 g/mol. The highest BCUT2D eigenvalue weighted by Crippen LogP contribution is 2.06. The van der Waals surface area contributed by atoms with Crippen LogP contribution >= 0.6 is 0 Å². The van der Waals surface area contributed by atoms with E-state index in [4.69, 9.17) is 9.57 Å². The Balaban J connectivity index is 3.68. The van der Waals surface area contributed by atoms with Crippen molar-refractivity contribution in [3.05, 3.63) is 0 Å². The molecular weight excluding hydrogens is 208 g/mol. The Kier molecular flexibility index (Phi) is 7.08.